The number of rotatable bonds is 1. The van der Waals surface area contributed by atoms with Crippen LogP contribution in [0.1, 0.15) is 72.4 Å². The number of ether oxygens (including phenoxy) is 1. The van der Waals surface area contributed by atoms with Gasteiger partial charge in [-0.05, 0) is 152 Å². The number of fused-ring (bicyclic) bond motifs is 13. The van der Waals surface area contributed by atoms with Crippen molar-refractivity contribution in [1.82, 2.24) is 0 Å². The molecule has 7 atom stereocenters. The third-order valence-corrected chi connectivity index (χ3v) is 15.1. The van der Waals surface area contributed by atoms with Gasteiger partial charge in [0.1, 0.15) is 11.5 Å². The maximum absolute atomic E-state index is 6.84. The van der Waals surface area contributed by atoms with E-state index in [4.69, 9.17) is 4.74 Å². The minimum atomic E-state index is -0.344. The van der Waals surface area contributed by atoms with Crippen molar-refractivity contribution in [3.05, 3.63) is 172 Å². The van der Waals surface area contributed by atoms with Crippen molar-refractivity contribution in [1.29, 1.82) is 0 Å². The van der Waals surface area contributed by atoms with E-state index in [1.54, 1.807) is 0 Å². The lowest BCUT2D eigenvalue weighted by Crippen LogP contribution is -2.43. The molecular weight excluding hydrogens is 629 g/mol. The fraction of sp³-hybridized carbons (Fsp3) is 0.255. The molecule has 2 spiro atoms. The van der Waals surface area contributed by atoms with Crippen molar-refractivity contribution in [2.75, 3.05) is 0 Å². The largest absolute Gasteiger partial charge is 0.457 e. The molecule has 4 fully saturated rings. The molecule has 7 aliphatic carbocycles. The molecule has 1 heteroatoms. The van der Waals surface area contributed by atoms with E-state index in [0.29, 0.717) is 17.8 Å². The van der Waals surface area contributed by atoms with E-state index in [0.717, 1.165) is 29.8 Å². The van der Waals surface area contributed by atoms with E-state index < -0.39 is 0 Å². The Kier molecular flexibility index (Phi) is 5.27. The van der Waals surface area contributed by atoms with E-state index in [1.807, 2.05) is 0 Å². The van der Waals surface area contributed by atoms with Crippen molar-refractivity contribution >= 4 is 16.3 Å². The molecule has 4 saturated carbocycles. The lowest BCUT2D eigenvalue weighted by Gasteiger charge is -2.49. The molecule has 0 aromatic heterocycles. The molecule has 0 saturated heterocycles. The third-order valence-electron chi connectivity index (χ3n) is 15.1. The van der Waals surface area contributed by atoms with Gasteiger partial charge < -0.3 is 4.74 Å². The van der Waals surface area contributed by atoms with Crippen LogP contribution < -0.4 is 4.74 Å². The molecule has 14 rings (SSSR count). The number of hydrogen-bond donors (Lipinski definition) is 0. The van der Waals surface area contributed by atoms with Gasteiger partial charge in [0.2, 0.25) is 0 Å². The summed E-state index contributed by atoms with van der Waals surface area (Å²) in [6.07, 6.45) is 11.5. The normalized spacial score (nSPS) is 30.4. The summed E-state index contributed by atoms with van der Waals surface area (Å²) in [5.74, 6) is 5.77. The molecule has 1 aliphatic heterocycles. The van der Waals surface area contributed by atoms with Crippen molar-refractivity contribution < 1.29 is 4.74 Å². The van der Waals surface area contributed by atoms with Crippen molar-refractivity contribution in [3.63, 3.8) is 0 Å². The molecule has 1 heterocycles. The number of benzene rings is 6. The van der Waals surface area contributed by atoms with Gasteiger partial charge in [-0.3, -0.25) is 0 Å². The van der Waals surface area contributed by atoms with Crippen molar-refractivity contribution in [2.45, 2.75) is 49.9 Å². The van der Waals surface area contributed by atoms with E-state index >= 15 is 0 Å². The highest BCUT2D eigenvalue weighted by Crippen LogP contribution is 2.73. The zero-order valence-corrected chi connectivity index (χ0v) is 29.5. The summed E-state index contributed by atoms with van der Waals surface area (Å²) >= 11 is 0. The highest BCUT2D eigenvalue weighted by atomic mass is 16.5. The maximum atomic E-state index is 6.84. The molecule has 1 nitrogen and oxygen atoms in total. The van der Waals surface area contributed by atoms with Crippen LogP contribution in [0.5, 0.6) is 11.5 Å². The van der Waals surface area contributed by atoms with Crippen LogP contribution in [-0.2, 0) is 10.8 Å². The number of hydrogen-bond acceptors (Lipinski definition) is 1. The Bertz CT molecular complexity index is 2650. The monoisotopic (exact) mass is 668 g/mol. The Morgan fingerprint density at radius 3 is 2.19 bits per heavy atom. The fourth-order valence-corrected chi connectivity index (χ4v) is 13.6. The molecular formula is C51H40O. The Morgan fingerprint density at radius 2 is 1.33 bits per heavy atom. The molecule has 52 heavy (non-hydrogen) atoms. The van der Waals surface area contributed by atoms with E-state index in [9.17, 15) is 0 Å². The fourth-order valence-electron chi connectivity index (χ4n) is 13.6. The number of allylic oxidation sites excluding steroid dienone is 4. The van der Waals surface area contributed by atoms with Crippen LogP contribution in [0, 0.1) is 29.6 Å². The summed E-state index contributed by atoms with van der Waals surface area (Å²) < 4.78 is 6.84. The smallest absolute Gasteiger partial charge is 0.131 e. The van der Waals surface area contributed by atoms with Crippen LogP contribution >= 0.6 is 0 Å². The van der Waals surface area contributed by atoms with Gasteiger partial charge in [-0.25, -0.2) is 0 Å². The summed E-state index contributed by atoms with van der Waals surface area (Å²) in [6, 6.07) is 46.8. The van der Waals surface area contributed by atoms with Gasteiger partial charge in [0.05, 0.1) is 5.41 Å². The number of para-hydroxylation sites is 1. The highest BCUT2D eigenvalue weighted by molar-refractivity contribution is 6.11. The maximum Gasteiger partial charge on any atom is 0.131 e. The predicted octanol–water partition coefficient (Wildman–Crippen LogP) is 12.6. The van der Waals surface area contributed by atoms with Gasteiger partial charge in [0.15, 0.2) is 0 Å². The minimum absolute atomic E-state index is 0.0367. The van der Waals surface area contributed by atoms with Gasteiger partial charge in [0.25, 0.3) is 0 Å². The Balaban J connectivity index is 1.11. The zero-order chi connectivity index (χ0) is 33.9. The average Bonchev–Trinajstić information content (AvgIpc) is 3.84. The second kappa shape index (κ2) is 9.64. The van der Waals surface area contributed by atoms with Crippen molar-refractivity contribution in [2.24, 2.45) is 29.6 Å². The van der Waals surface area contributed by atoms with Crippen LogP contribution in [0.15, 0.2) is 139 Å². The summed E-state index contributed by atoms with van der Waals surface area (Å²) in [4.78, 5) is 0. The second-order valence-electron chi connectivity index (χ2n) is 17.2. The Morgan fingerprint density at radius 1 is 0.596 bits per heavy atom. The van der Waals surface area contributed by atoms with Gasteiger partial charge in [-0.15, -0.1) is 0 Å². The molecule has 4 bridgehead atoms. The minimum Gasteiger partial charge on any atom is -0.457 e. The summed E-state index contributed by atoms with van der Waals surface area (Å²) in [5.41, 5.74) is 16.8. The zero-order valence-electron chi connectivity index (χ0n) is 29.5. The molecule has 7 unspecified atom stereocenters. The third kappa shape index (κ3) is 3.14. The molecule has 250 valence electrons. The Labute approximate surface area is 305 Å². The molecule has 0 amide bonds. The van der Waals surface area contributed by atoms with E-state index in [1.165, 1.54) is 103 Å². The van der Waals surface area contributed by atoms with Crippen LogP contribution in [0.4, 0.5) is 0 Å². The Hall–Kier alpha value is -5.14. The first-order chi connectivity index (χ1) is 25.7. The molecule has 6 aromatic carbocycles. The topological polar surface area (TPSA) is 9.23 Å². The lowest BCUT2D eigenvalue weighted by atomic mass is 9.56. The van der Waals surface area contributed by atoms with Gasteiger partial charge in [-0.2, -0.15) is 0 Å². The summed E-state index contributed by atoms with van der Waals surface area (Å²) in [6.45, 7) is 2.42. The van der Waals surface area contributed by atoms with Crippen LogP contribution in [-0.4, -0.2) is 0 Å². The highest BCUT2D eigenvalue weighted by Gasteiger charge is 2.65. The quantitative estimate of drug-likeness (QED) is 0.169. The molecule has 0 radical (unpaired) electrons. The second-order valence-corrected chi connectivity index (χ2v) is 17.2. The van der Waals surface area contributed by atoms with Gasteiger partial charge >= 0.3 is 0 Å². The molecule has 8 aliphatic rings. The first-order valence-corrected chi connectivity index (χ1v) is 19.8. The SMILES string of the molecule is CC1CC=CC2=C1c1ccccc1C21c2ccccc2-c2c1cc(-c1ccc3c(c1)C1(c4ccccc4O3)C3CC4CC(C3)C1C4)c1ccccc21. The van der Waals surface area contributed by atoms with E-state index in [-0.39, 0.29) is 10.8 Å². The lowest BCUT2D eigenvalue weighted by molar-refractivity contribution is 0.173. The van der Waals surface area contributed by atoms with Gasteiger partial charge in [-0.1, -0.05) is 116 Å². The first kappa shape index (κ1) is 28.4. The first-order valence-electron chi connectivity index (χ1n) is 19.8. The van der Waals surface area contributed by atoms with Crippen LogP contribution in [0.25, 0.3) is 38.6 Å². The van der Waals surface area contributed by atoms with Crippen LogP contribution in [0.3, 0.4) is 0 Å². The van der Waals surface area contributed by atoms with E-state index in [2.05, 4.69) is 140 Å². The summed E-state index contributed by atoms with van der Waals surface area (Å²) in [7, 11) is 0. The predicted molar refractivity (Wildman–Crippen MR) is 211 cm³/mol. The molecule has 0 N–H and O–H groups in total. The van der Waals surface area contributed by atoms with Gasteiger partial charge in [0, 0.05) is 16.5 Å². The van der Waals surface area contributed by atoms with Crippen molar-refractivity contribution in [3.8, 4) is 33.8 Å². The van der Waals surface area contributed by atoms with Crippen LogP contribution in [0.2, 0.25) is 0 Å². The molecule has 6 aromatic rings. The summed E-state index contributed by atoms with van der Waals surface area (Å²) in [5, 5.41) is 2.69. The average molecular weight is 669 g/mol. The standard InChI is InChI=1S/C51H40O/c1-29-11-10-19-42-48(29)36-14-4-6-16-39(36)51(42)40-17-7-5-15-37(40)49-35-13-3-2-12-34(35)38(28-45(49)51)31-21-22-47-44(27-31)50(41-18-8-9-20-46(41)52-47)33-24-30-23-32(26-33)43(50)25-30/h2-10,12-22,27-30,32-33,43H,11,23-26H2,1H3.